The van der Waals surface area contributed by atoms with Crippen LogP contribution in [-0.4, -0.2) is 11.8 Å². The first-order chi connectivity index (χ1) is 16.0. The molecule has 164 valence electrons. The lowest BCUT2D eigenvalue weighted by Crippen LogP contribution is -2.11. The second-order valence-corrected chi connectivity index (χ2v) is 7.20. The minimum atomic E-state index is -0.398. The van der Waals surface area contributed by atoms with Crippen LogP contribution in [0.1, 0.15) is 20.7 Å². The van der Waals surface area contributed by atoms with E-state index in [1.807, 2.05) is 24.3 Å². The van der Waals surface area contributed by atoms with E-state index in [1.165, 1.54) is 48.5 Å². The van der Waals surface area contributed by atoms with E-state index in [2.05, 4.69) is 16.0 Å². The van der Waals surface area contributed by atoms with Crippen molar-refractivity contribution in [2.75, 3.05) is 16.0 Å². The Kier molecular flexibility index (Phi) is 6.40. The smallest absolute Gasteiger partial charge is 0.255 e. The van der Waals surface area contributed by atoms with E-state index in [0.29, 0.717) is 22.5 Å². The number of amides is 2. The average molecular weight is 443 g/mol. The van der Waals surface area contributed by atoms with Gasteiger partial charge in [-0.15, -0.1) is 0 Å². The first-order valence-electron chi connectivity index (χ1n) is 10.1. The van der Waals surface area contributed by atoms with E-state index < -0.39 is 11.6 Å². The predicted octanol–water partition coefficient (Wildman–Crippen LogP) is 6.21. The van der Waals surface area contributed by atoms with Crippen LogP contribution >= 0.6 is 0 Å². The fourth-order valence-corrected chi connectivity index (χ4v) is 3.05. The Morgan fingerprint density at radius 1 is 0.455 bits per heavy atom. The van der Waals surface area contributed by atoms with Gasteiger partial charge in [0.1, 0.15) is 11.6 Å². The Hall–Kier alpha value is -4.52. The lowest BCUT2D eigenvalue weighted by Gasteiger charge is -2.10. The van der Waals surface area contributed by atoms with E-state index >= 15 is 0 Å². The van der Waals surface area contributed by atoms with Crippen LogP contribution in [0.25, 0.3) is 0 Å². The summed E-state index contributed by atoms with van der Waals surface area (Å²) in [4.78, 5) is 24.4. The Balaban J connectivity index is 1.33. The van der Waals surface area contributed by atoms with Gasteiger partial charge in [-0.1, -0.05) is 0 Å². The molecular formula is C26H19F2N3O2. The van der Waals surface area contributed by atoms with Crippen LogP contribution in [0.5, 0.6) is 0 Å². The van der Waals surface area contributed by atoms with Crippen LogP contribution in [0.2, 0.25) is 0 Å². The molecule has 0 aliphatic rings. The molecule has 0 spiro atoms. The minimum Gasteiger partial charge on any atom is -0.356 e. The van der Waals surface area contributed by atoms with Crippen molar-refractivity contribution in [1.29, 1.82) is 0 Å². The summed E-state index contributed by atoms with van der Waals surface area (Å²) in [6.07, 6.45) is 0. The van der Waals surface area contributed by atoms with Crippen LogP contribution in [0.3, 0.4) is 0 Å². The lowest BCUT2D eigenvalue weighted by atomic mass is 10.2. The summed E-state index contributed by atoms with van der Waals surface area (Å²) in [5.74, 6) is -1.45. The number of halogens is 2. The molecule has 33 heavy (non-hydrogen) atoms. The van der Waals surface area contributed by atoms with Crippen molar-refractivity contribution in [3.63, 3.8) is 0 Å². The minimum absolute atomic E-state index is 0.325. The Morgan fingerprint density at radius 3 is 1.09 bits per heavy atom. The number of anilines is 4. The molecule has 0 bridgehead atoms. The summed E-state index contributed by atoms with van der Waals surface area (Å²) < 4.78 is 26.0. The molecule has 4 aromatic carbocycles. The quantitative estimate of drug-likeness (QED) is 0.332. The largest absolute Gasteiger partial charge is 0.356 e. The molecule has 0 fully saturated rings. The highest BCUT2D eigenvalue weighted by atomic mass is 19.1. The second-order valence-electron chi connectivity index (χ2n) is 7.20. The molecule has 0 aliphatic heterocycles. The molecule has 0 saturated heterocycles. The zero-order chi connectivity index (χ0) is 23.2. The molecule has 3 N–H and O–H groups in total. The number of carbonyl (C=O) groups excluding carboxylic acids is 2. The molecule has 5 nitrogen and oxygen atoms in total. The molecule has 0 heterocycles. The van der Waals surface area contributed by atoms with Crippen LogP contribution in [0, 0.1) is 11.6 Å². The summed E-state index contributed by atoms with van der Waals surface area (Å²) in [5.41, 5.74) is 3.55. The number of rotatable bonds is 6. The Bertz CT molecular complexity index is 1150. The first kappa shape index (κ1) is 21.7. The van der Waals surface area contributed by atoms with E-state index in [9.17, 15) is 18.4 Å². The number of nitrogens with one attached hydrogen (secondary N) is 3. The maximum Gasteiger partial charge on any atom is 0.255 e. The number of carbonyl (C=O) groups is 2. The highest BCUT2D eigenvalue weighted by Crippen LogP contribution is 2.21. The third-order valence-corrected chi connectivity index (χ3v) is 4.79. The van der Waals surface area contributed by atoms with Gasteiger partial charge in [-0.05, 0) is 97.1 Å². The molecular weight excluding hydrogens is 424 g/mol. The van der Waals surface area contributed by atoms with Gasteiger partial charge in [0, 0.05) is 33.9 Å². The average Bonchev–Trinajstić information content (AvgIpc) is 2.82. The highest BCUT2D eigenvalue weighted by molar-refractivity contribution is 6.05. The summed E-state index contributed by atoms with van der Waals surface area (Å²) in [7, 11) is 0. The van der Waals surface area contributed by atoms with Crippen LogP contribution in [-0.2, 0) is 0 Å². The summed E-state index contributed by atoms with van der Waals surface area (Å²) in [6, 6.07) is 24.9. The van der Waals surface area contributed by atoms with E-state index in [-0.39, 0.29) is 11.8 Å². The number of benzene rings is 4. The van der Waals surface area contributed by atoms with Gasteiger partial charge in [-0.3, -0.25) is 9.59 Å². The maximum absolute atomic E-state index is 13.0. The second kappa shape index (κ2) is 9.74. The molecule has 0 radical (unpaired) electrons. The summed E-state index contributed by atoms with van der Waals surface area (Å²) in [6.45, 7) is 0. The third-order valence-electron chi connectivity index (χ3n) is 4.79. The van der Waals surface area contributed by atoms with Crippen molar-refractivity contribution in [3.05, 3.63) is 120 Å². The van der Waals surface area contributed by atoms with E-state index in [1.54, 1.807) is 24.3 Å². The molecule has 7 heteroatoms. The van der Waals surface area contributed by atoms with E-state index in [0.717, 1.165) is 11.4 Å². The molecule has 2 amide bonds. The van der Waals surface area contributed by atoms with Gasteiger partial charge in [0.05, 0.1) is 0 Å². The highest BCUT2D eigenvalue weighted by Gasteiger charge is 2.08. The zero-order valence-corrected chi connectivity index (χ0v) is 17.3. The van der Waals surface area contributed by atoms with Crippen molar-refractivity contribution in [3.8, 4) is 0 Å². The van der Waals surface area contributed by atoms with Crippen molar-refractivity contribution in [1.82, 2.24) is 0 Å². The van der Waals surface area contributed by atoms with Gasteiger partial charge in [0.25, 0.3) is 11.8 Å². The number of hydrogen-bond donors (Lipinski definition) is 3. The third kappa shape index (κ3) is 5.80. The Labute approximate surface area is 189 Å². The maximum atomic E-state index is 13.0. The van der Waals surface area contributed by atoms with Crippen molar-refractivity contribution >= 4 is 34.6 Å². The predicted molar refractivity (Wildman–Crippen MR) is 125 cm³/mol. The lowest BCUT2D eigenvalue weighted by molar-refractivity contribution is 0.101. The monoisotopic (exact) mass is 443 g/mol. The van der Waals surface area contributed by atoms with Crippen LogP contribution in [0.15, 0.2) is 97.1 Å². The van der Waals surface area contributed by atoms with Crippen molar-refractivity contribution < 1.29 is 18.4 Å². The molecule has 4 rings (SSSR count). The van der Waals surface area contributed by atoms with Crippen molar-refractivity contribution in [2.45, 2.75) is 0 Å². The molecule has 0 aromatic heterocycles. The van der Waals surface area contributed by atoms with E-state index in [4.69, 9.17) is 0 Å². The Morgan fingerprint density at radius 2 is 0.758 bits per heavy atom. The van der Waals surface area contributed by atoms with Gasteiger partial charge < -0.3 is 16.0 Å². The van der Waals surface area contributed by atoms with Crippen molar-refractivity contribution in [2.24, 2.45) is 0 Å². The van der Waals surface area contributed by atoms with Gasteiger partial charge in [-0.25, -0.2) is 8.78 Å². The van der Waals surface area contributed by atoms with Crippen LogP contribution in [0.4, 0.5) is 31.5 Å². The molecule has 0 aliphatic carbocycles. The SMILES string of the molecule is O=C(Nc1ccc(Nc2ccc(NC(=O)c3ccc(F)cc3)cc2)cc1)c1ccc(F)cc1. The number of hydrogen-bond acceptors (Lipinski definition) is 3. The fourth-order valence-electron chi connectivity index (χ4n) is 3.05. The topological polar surface area (TPSA) is 70.2 Å². The fraction of sp³-hybridized carbons (Fsp3) is 0. The van der Waals surface area contributed by atoms with Gasteiger partial charge in [0.2, 0.25) is 0 Å². The van der Waals surface area contributed by atoms with Crippen LogP contribution < -0.4 is 16.0 Å². The normalized spacial score (nSPS) is 10.4. The van der Waals surface area contributed by atoms with Gasteiger partial charge >= 0.3 is 0 Å². The van der Waals surface area contributed by atoms with Gasteiger partial charge in [0.15, 0.2) is 0 Å². The molecule has 0 saturated carbocycles. The summed E-state index contributed by atoms with van der Waals surface area (Å²) >= 11 is 0. The standard InChI is InChI=1S/C26H19F2N3O2/c27-19-5-1-17(2-6-19)25(32)30-23-13-9-21(10-14-23)29-22-11-15-24(16-12-22)31-26(33)18-3-7-20(28)8-4-18/h1-16,29H,(H,30,32)(H,31,33). The zero-order valence-electron chi connectivity index (χ0n) is 17.3. The molecule has 4 aromatic rings. The first-order valence-corrected chi connectivity index (χ1v) is 10.1. The molecule has 0 unspecified atom stereocenters. The molecule has 0 atom stereocenters. The summed E-state index contributed by atoms with van der Waals surface area (Å²) in [5, 5.41) is 8.75. The van der Waals surface area contributed by atoms with Gasteiger partial charge in [-0.2, -0.15) is 0 Å².